The van der Waals surface area contributed by atoms with Crippen LogP contribution in [0.1, 0.15) is 66.8 Å². The quantitative estimate of drug-likeness (QED) is 0.558. The molecule has 1 aromatic carbocycles. The van der Waals surface area contributed by atoms with E-state index >= 15 is 0 Å². The predicted molar refractivity (Wildman–Crippen MR) is 126 cm³/mol. The molecule has 2 aromatic rings. The largest absolute Gasteiger partial charge is 0.481 e. The maximum atomic E-state index is 13.2. The lowest BCUT2D eigenvalue weighted by Crippen LogP contribution is -2.34. The van der Waals surface area contributed by atoms with Crippen molar-refractivity contribution in [2.45, 2.75) is 58.6 Å². The first-order chi connectivity index (χ1) is 15.5. The van der Waals surface area contributed by atoms with Crippen LogP contribution in [0.4, 0.5) is 0 Å². The van der Waals surface area contributed by atoms with E-state index in [0.29, 0.717) is 25.9 Å². The van der Waals surface area contributed by atoms with Gasteiger partial charge >= 0.3 is 5.97 Å². The molecule has 176 valence electrons. The van der Waals surface area contributed by atoms with E-state index in [4.69, 9.17) is 11.6 Å². The molecule has 0 atom stereocenters. The van der Waals surface area contributed by atoms with Crippen molar-refractivity contribution >= 4 is 23.5 Å². The zero-order valence-corrected chi connectivity index (χ0v) is 19.9. The van der Waals surface area contributed by atoms with E-state index in [0.717, 1.165) is 24.0 Å². The molecule has 0 bridgehead atoms. The number of aryl methyl sites for hydroxylation is 1. The van der Waals surface area contributed by atoms with E-state index in [1.165, 1.54) is 0 Å². The third-order valence-corrected chi connectivity index (χ3v) is 6.12. The number of hydrogen-bond donors (Lipinski definition) is 3. The van der Waals surface area contributed by atoms with Gasteiger partial charge in [-0.05, 0) is 75.5 Å². The molecule has 0 saturated heterocycles. The summed E-state index contributed by atoms with van der Waals surface area (Å²) in [5.41, 5.74) is 1.30. The molecule has 3 N–H and O–H groups in total. The summed E-state index contributed by atoms with van der Waals surface area (Å²) >= 11 is 6.41. The molecule has 1 saturated carbocycles. The summed E-state index contributed by atoms with van der Waals surface area (Å²) in [4.78, 5) is 28.7. The molecule has 0 aliphatic heterocycles. The first-order valence-electron chi connectivity index (χ1n) is 11.1. The number of hydrogen-bond acceptors (Lipinski definition) is 4. The first-order valence-corrected chi connectivity index (χ1v) is 11.5. The second-order valence-electron chi connectivity index (χ2n) is 9.22. The third-order valence-electron chi connectivity index (χ3n) is 5.83. The highest BCUT2D eigenvalue weighted by Gasteiger charge is 2.27. The average Bonchev–Trinajstić information content (AvgIpc) is 3.07. The number of halogens is 1. The Morgan fingerprint density at radius 2 is 1.85 bits per heavy atom. The van der Waals surface area contributed by atoms with Crippen molar-refractivity contribution in [2.24, 2.45) is 11.8 Å². The molecule has 1 heterocycles. The standard InChI is InChI=1S/C25H30ClN3O4/c1-16-4-6-18(7-5-16)15-29-21(20(28-24(29)26)12-13-25(2,3)33)22(30)27-14-17-8-10-19(11-9-17)23(31)32/h4-7,17,19,33H,8-11,14-15H2,1-3H3,(H,27,30)(H,31,32). The van der Waals surface area contributed by atoms with E-state index < -0.39 is 11.6 Å². The molecule has 1 aliphatic rings. The Labute approximate surface area is 199 Å². The van der Waals surface area contributed by atoms with Crippen LogP contribution < -0.4 is 5.32 Å². The molecular formula is C25H30ClN3O4. The van der Waals surface area contributed by atoms with Crippen LogP contribution >= 0.6 is 11.6 Å². The van der Waals surface area contributed by atoms with Crippen LogP contribution in [0, 0.1) is 30.6 Å². The lowest BCUT2D eigenvalue weighted by molar-refractivity contribution is -0.143. The minimum absolute atomic E-state index is 0.141. The number of aliphatic carboxylic acids is 1. The second-order valence-corrected chi connectivity index (χ2v) is 9.56. The van der Waals surface area contributed by atoms with Crippen LogP contribution in [0.2, 0.25) is 5.28 Å². The summed E-state index contributed by atoms with van der Waals surface area (Å²) in [5.74, 6) is 4.34. The van der Waals surface area contributed by atoms with Gasteiger partial charge in [0.1, 0.15) is 17.0 Å². The van der Waals surface area contributed by atoms with Crippen molar-refractivity contribution in [3.8, 4) is 11.8 Å². The molecule has 0 unspecified atom stereocenters. The van der Waals surface area contributed by atoms with Crippen molar-refractivity contribution in [3.63, 3.8) is 0 Å². The Hall–Kier alpha value is -2.82. The smallest absolute Gasteiger partial charge is 0.306 e. The number of nitrogens with one attached hydrogen (secondary N) is 1. The van der Waals surface area contributed by atoms with Gasteiger partial charge in [-0.15, -0.1) is 0 Å². The van der Waals surface area contributed by atoms with Crippen molar-refractivity contribution < 1.29 is 19.8 Å². The summed E-state index contributed by atoms with van der Waals surface area (Å²) in [5, 5.41) is 22.3. The Kier molecular flexibility index (Phi) is 7.83. The molecule has 1 aliphatic carbocycles. The van der Waals surface area contributed by atoms with Crippen LogP contribution in [0.5, 0.6) is 0 Å². The van der Waals surface area contributed by atoms with Gasteiger partial charge in [-0.1, -0.05) is 35.7 Å². The van der Waals surface area contributed by atoms with E-state index in [1.54, 1.807) is 18.4 Å². The molecule has 3 rings (SSSR count). The fraction of sp³-hybridized carbons (Fsp3) is 0.480. The Morgan fingerprint density at radius 3 is 2.42 bits per heavy atom. The normalized spacial score (nSPS) is 18.3. The Bertz CT molecular complexity index is 1070. The maximum Gasteiger partial charge on any atom is 0.306 e. The van der Waals surface area contributed by atoms with Gasteiger partial charge in [0.25, 0.3) is 5.91 Å². The second kappa shape index (κ2) is 10.4. The number of aliphatic hydroxyl groups is 1. The van der Waals surface area contributed by atoms with Gasteiger partial charge in [0.05, 0.1) is 12.5 Å². The van der Waals surface area contributed by atoms with Crippen LogP contribution in [0.3, 0.4) is 0 Å². The molecule has 0 radical (unpaired) electrons. The van der Waals surface area contributed by atoms with Gasteiger partial charge in [-0.25, -0.2) is 4.98 Å². The van der Waals surface area contributed by atoms with E-state index in [2.05, 4.69) is 22.1 Å². The molecule has 1 aromatic heterocycles. The van der Waals surface area contributed by atoms with Gasteiger partial charge in [-0.2, -0.15) is 0 Å². The van der Waals surface area contributed by atoms with Crippen LogP contribution in [0.25, 0.3) is 0 Å². The van der Waals surface area contributed by atoms with Gasteiger partial charge < -0.3 is 20.1 Å². The van der Waals surface area contributed by atoms with Crippen LogP contribution in [-0.2, 0) is 11.3 Å². The first kappa shape index (κ1) is 24.8. The number of aromatic nitrogens is 2. The van der Waals surface area contributed by atoms with E-state index in [1.807, 2.05) is 31.2 Å². The van der Waals surface area contributed by atoms with Crippen molar-refractivity contribution in [1.82, 2.24) is 14.9 Å². The van der Waals surface area contributed by atoms with E-state index in [9.17, 15) is 19.8 Å². The number of amides is 1. The molecular weight excluding hydrogens is 442 g/mol. The lowest BCUT2D eigenvalue weighted by Gasteiger charge is -2.26. The third kappa shape index (κ3) is 6.83. The van der Waals surface area contributed by atoms with Gasteiger partial charge in [0.15, 0.2) is 0 Å². The van der Waals surface area contributed by atoms with Gasteiger partial charge in [0.2, 0.25) is 5.28 Å². The molecule has 1 amide bonds. The summed E-state index contributed by atoms with van der Waals surface area (Å²) < 4.78 is 1.62. The highest BCUT2D eigenvalue weighted by molar-refractivity contribution is 6.29. The number of carbonyl (C=O) groups excluding carboxylic acids is 1. The fourth-order valence-electron chi connectivity index (χ4n) is 3.91. The number of carboxylic acid groups (broad SMARTS) is 1. The number of benzene rings is 1. The molecule has 1 fully saturated rings. The van der Waals surface area contributed by atoms with E-state index in [-0.39, 0.29) is 34.4 Å². The number of imidazole rings is 1. The lowest BCUT2D eigenvalue weighted by atomic mass is 9.82. The average molecular weight is 472 g/mol. The summed E-state index contributed by atoms with van der Waals surface area (Å²) in [7, 11) is 0. The summed E-state index contributed by atoms with van der Waals surface area (Å²) in [6, 6.07) is 7.91. The number of carboxylic acids is 1. The summed E-state index contributed by atoms with van der Waals surface area (Å²) in [6.07, 6.45) is 2.75. The Balaban J connectivity index is 1.82. The number of carbonyl (C=O) groups is 2. The highest BCUT2D eigenvalue weighted by atomic mass is 35.5. The fourth-order valence-corrected chi connectivity index (χ4v) is 4.14. The molecule has 0 spiro atoms. The molecule has 7 nitrogen and oxygen atoms in total. The maximum absolute atomic E-state index is 13.2. The minimum Gasteiger partial charge on any atom is -0.481 e. The zero-order chi connectivity index (χ0) is 24.2. The summed E-state index contributed by atoms with van der Waals surface area (Å²) in [6.45, 7) is 5.90. The van der Waals surface area contributed by atoms with Crippen molar-refractivity contribution in [1.29, 1.82) is 0 Å². The molecule has 8 heteroatoms. The Morgan fingerprint density at radius 1 is 1.21 bits per heavy atom. The van der Waals surface area contributed by atoms with Crippen molar-refractivity contribution in [3.05, 3.63) is 52.1 Å². The SMILES string of the molecule is Cc1ccc(Cn2c(Cl)nc(C#CC(C)(C)O)c2C(=O)NCC2CCC(C(=O)O)CC2)cc1. The molecule has 33 heavy (non-hydrogen) atoms. The van der Waals surface area contributed by atoms with Gasteiger partial charge in [0, 0.05) is 6.54 Å². The topological polar surface area (TPSA) is 104 Å². The van der Waals surface area contributed by atoms with Crippen LogP contribution in [0.15, 0.2) is 24.3 Å². The predicted octanol–water partition coefficient (Wildman–Crippen LogP) is 3.64. The van der Waals surface area contributed by atoms with Crippen molar-refractivity contribution in [2.75, 3.05) is 6.54 Å². The highest BCUT2D eigenvalue weighted by Crippen LogP contribution is 2.28. The minimum atomic E-state index is -1.25. The van der Waals surface area contributed by atoms with Gasteiger partial charge in [-0.3, -0.25) is 9.59 Å². The zero-order valence-electron chi connectivity index (χ0n) is 19.2. The monoisotopic (exact) mass is 471 g/mol. The number of rotatable bonds is 6. The van der Waals surface area contributed by atoms with Crippen LogP contribution in [-0.4, -0.2) is 43.8 Å². The number of nitrogens with zero attached hydrogens (tertiary/aromatic N) is 2.